The fraction of sp³-hybridized carbons (Fsp3) is 1.00. The second-order valence-electron chi connectivity index (χ2n) is 8.17. The van der Waals surface area contributed by atoms with Gasteiger partial charge in [-0.15, -0.1) is 0 Å². The zero-order chi connectivity index (χ0) is 18.6. The van der Waals surface area contributed by atoms with Gasteiger partial charge in [0.25, 0.3) is 0 Å². The van der Waals surface area contributed by atoms with E-state index in [2.05, 4.69) is 27.7 Å². The van der Waals surface area contributed by atoms with Gasteiger partial charge in [-0.2, -0.15) is 0 Å². The second kappa shape index (κ2) is 19.0. The third-order valence-corrected chi connectivity index (χ3v) is 10.2. The zero-order valence-corrected chi connectivity index (χ0v) is 19.3. The van der Waals surface area contributed by atoms with Gasteiger partial charge in [-0.3, -0.25) is 0 Å². The van der Waals surface area contributed by atoms with E-state index < -0.39 is 8.32 Å². The van der Waals surface area contributed by atoms with Gasteiger partial charge >= 0.3 is 0 Å². The predicted molar refractivity (Wildman–Crippen MR) is 118 cm³/mol. The molecular formula is C23H50OSi. The highest BCUT2D eigenvalue weighted by atomic mass is 28.4. The summed E-state index contributed by atoms with van der Waals surface area (Å²) in [5.41, 5.74) is 0. The van der Waals surface area contributed by atoms with E-state index in [-0.39, 0.29) is 0 Å². The van der Waals surface area contributed by atoms with Crippen LogP contribution in [0.2, 0.25) is 18.1 Å². The summed E-state index contributed by atoms with van der Waals surface area (Å²) in [5.74, 6) is 0. The smallest absolute Gasteiger partial charge is 0.192 e. The minimum atomic E-state index is -1.50. The third kappa shape index (κ3) is 15.0. The molecule has 0 heterocycles. The van der Waals surface area contributed by atoms with E-state index in [4.69, 9.17) is 4.43 Å². The van der Waals surface area contributed by atoms with E-state index in [1.165, 1.54) is 114 Å². The Hall–Kier alpha value is 0.177. The highest BCUT2D eigenvalue weighted by Crippen LogP contribution is 2.31. The fourth-order valence-corrected chi connectivity index (χ4v) is 8.30. The first-order chi connectivity index (χ1) is 12.2. The summed E-state index contributed by atoms with van der Waals surface area (Å²) in [5, 5.41) is 0. The molecule has 0 aliphatic rings. The average molecular weight is 371 g/mol. The molecule has 0 aliphatic carbocycles. The normalized spacial score (nSPS) is 12.0. The van der Waals surface area contributed by atoms with Crippen molar-refractivity contribution in [3.05, 3.63) is 0 Å². The van der Waals surface area contributed by atoms with Gasteiger partial charge in [0.1, 0.15) is 0 Å². The topological polar surface area (TPSA) is 9.23 Å². The van der Waals surface area contributed by atoms with Gasteiger partial charge in [-0.1, -0.05) is 118 Å². The maximum atomic E-state index is 6.81. The summed E-state index contributed by atoms with van der Waals surface area (Å²) in [6.45, 7) is 10.3. The summed E-state index contributed by atoms with van der Waals surface area (Å²) in [6, 6.07) is 4.33. The summed E-state index contributed by atoms with van der Waals surface area (Å²) in [4.78, 5) is 0. The van der Waals surface area contributed by atoms with Crippen LogP contribution in [0.5, 0.6) is 0 Å². The lowest BCUT2D eigenvalue weighted by Crippen LogP contribution is -2.38. The molecule has 0 rings (SSSR count). The number of hydrogen-bond acceptors (Lipinski definition) is 1. The summed E-state index contributed by atoms with van der Waals surface area (Å²) < 4.78 is 6.81. The van der Waals surface area contributed by atoms with E-state index in [1.807, 2.05) is 0 Å². The lowest BCUT2D eigenvalue weighted by Gasteiger charge is -2.32. The van der Waals surface area contributed by atoms with Gasteiger partial charge in [-0.05, 0) is 24.6 Å². The average Bonchev–Trinajstić information content (AvgIpc) is 2.63. The van der Waals surface area contributed by atoms with Gasteiger partial charge in [0.15, 0.2) is 8.32 Å². The van der Waals surface area contributed by atoms with Crippen molar-refractivity contribution in [2.45, 2.75) is 142 Å². The molecular weight excluding hydrogens is 320 g/mol. The van der Waals surface area contributed by atoms with Crippen LogP contribution < -0.4 is 0 Å². The van der Waals surface area contributed by atoms with Gasteiger partial charge in [0, 0.05) is 6.61 Å². The largest absolute Gasteiger partial charge is 0.417 e. The molecule has 0 aromatic heterocycles. The van der Waals surface area contributed by atoms with Gasteiger partial charge in [0.2, 0.25) is 0 Å². The molecule has 0 aromatic rings. The summed E-state index contributed by atoms with van der Waals surface area (Å²) >= 11 is 0. The zero-order valence-electron chi connectivity index (χ0n) is 18.3. The SMILES string of the molecule is CCCCCC[Si](CCCCCC)(CCCCCC)OCCCCC. The number of unbranched alkanes of at least 4 members (excludes halogenated alkanes) is 11. The molecule has 25 heavy (non-hydrogen) atoms. The lowest BCUT2D eigenvalue weighted by atomic mass is 10.2. The van der Waals surface area contributed by atoms with Crippen molar-refractivity contribution in [3.63, 3.8) is 0 Å². The van der Waals surface area contributed by atoms with E-state index in [9.17, 15) is 0 Å². The molecule has 0 aliphatic heterocycles. The monoisotopic (exact) mass is 370 g/mol. The molecule has 0 radical (unpaired) electrons. The molecule has 0 saturated heterocycles. The molecule has 1 nitrogen and oxygen atoms in total. The Balaban J connectivity index is 4.62. The molecule has 0 spiro atoms. The first-order valence-corrected chi connectivity index (χ1v) is 14.4. The van der Waals surface area contributed by atoms with Crippen LogP contribution in [0.25, 0.3) is 0 Å². The first kappa shape index (κ1) is 25.2. The van der Waals surface area contributed by atoms with E-state index in [1.54, 1.807) is 0 Å². The molecule has 0 aromatic carbocycles. The predicted octanol–water partition coefficient (Wildman–Crippen LogP) is 8.88. The highest BCUT2D eigenvalue weighted by Gasteiger charge is 2.33. The maximum absolute atomic E-state index is 6.81. The maximum Gasteiger partial charge on any atom is 0.192 e. The van der Waals surface area contributed by atoms with Crippen molar-refractivity contribution in [2.24, 2.45) is 0 Å². The van der Waals surface area contributed by atoms with Crippen molar-refractivity contribution in [3.8, 4) is 0 Å². The van der Waals surface area contributed by atoms with Crippen molar-refractivity contribution in [2.75, 3.05) is 6.61 Å². The Bertz CT molecular complexity index is 201. The molecule has 0 N–H and O–H groups in total. The molecule has 0 fully saturated rings. The van der Waals surface area contributed by atoms with Crippen LogP contribution in [0.4, 0.5) is 0 Å². The van der Waals surface area contributed by atoms with Crippen LogP contribution in [0.3, 0.4) is 0 Å². The van der Waals surface area contributed by atoms with E-state index >= 15 is 0 Å². The molecule has 0 saturated carbocycles. The molecule has 152 valence electrons. The van der Waals surface area contributed by atoms with Crippen LogP contribution in [-0.2, 0) is 4.43 Å². The minimum Gasteiger partial charge on any atom is -0.417 e. The Labute approximate surface area is 161 Å². The van der Waals surface area contributed by atoms with Crippen molar-refractivity contribution in [1.82, 2.24) is 0 Å². The quantitative estimate of drug-likeness (QED) is 0.153. The molecule has 0 bridgehead atoms. The minimum absolute atomic E-state index is 1.05. The van der Waals surface area contributed by atoms with Crippen molar-refractivity contribution >= 4 is 8.32 Å². The molecule has 2 heteroatoms. The van der Waals surface area contributed by atoms with Crippen LogP contribution >= 0.6 is 0 Å². The van der Waals surface area contributed by atoms with Crippen molar-refractivity contribution in [1.29, 1.82) is 0 Å². The Kier molecular flexibility index (Phi) is 19.1. The van der Waals surface area contributed by atoms with Crippen LogP contribution in [0.15, 0.2) is 0 Å². The Morgan fingerprint density at radius 3 is 1.16 bits per heavy atom. The second-order valence-corrected chi connectivity index (χ2v) is 12.3. The summed E-state index contributed by atoms with van der Waals surface area (Å²) in [7, 11) is -1.50. The Morgan fingerprint density at radius 2 is 0.800 bits per heavy atom. The number of rotatable bonds is 20. The molecule has 0 amide bonds. The van der Waals surface area contributed by atoms with Gasteiger partial charge in [-0.25, -0.2) is 0 Å². The summed E-state index contributed by atoms with van der Waals surface area (Å²) in [6.07, 6.45) is 20.7. The van der Waals surface area contributed by atoms with Crippen LogP contribution in [0.1, 0.15) is 124 Å². The lowest BCUT2D eigenvalue weighted by molar-refractivity contribution is 0.283. The highest BCUT2D eigenvalue weighted by molar-refractivity contribution is 6.73. The Morgan fingerprint density at radius 1 is 0.440 bits per heavy atom. The first-order valence-electron chi connectivity index (χ1n) is 11.9. The molecule has 0 unspecified atom stereocenters. The van der Waals surface area contributed by atoms with E-state index in [0.29, 0.717) is 0 Å². The van der Waals surface area contributed by atoms with Crippen LogP contribution in [-0.4, -0.2) is 14.9 Å². The number of hydrogen-bond donors (Lipinski definition) is 0. The standard InChI is InChI=1S/C23H50OSi/c1-5-9-13-17-21-25(22-18-14-10-6-2,23-19-15-11-7-3)24-20-16-12-8-4/h5-23H2,1-4H3. The fourth-order valence-electron chi connectivity index (χ4n) is 3.85. The van der Waals surface area contributed by atoms with Gasteiger partial charge in [0.05, 0.1) is 0 Å². The van der Waals surface area contributed by atoms with E-state index in [0.717, 1.165) is 6.61 Å². The third-order valence-electron chi connectivity index (χ3n) is 5.61. The molecule has 0 atom stereocenters. The van der Waals surface area contributed by atoms with Gasteiger partial charge < -0.3 is 4.43 Å². The van der Waals surface area contributed by atoms with Crippen molar-refractivity contribution < 1.29 is 4.43 Å². The van der Waals surface area contributed by atoms with Crippen LogP contribution in [0, 0.1) is 0 Å².